The van der Waals surface area contributed by atoms with Gasteiger partial charge in [-0.2, -0.15) is 4.31 Å². The standard InChI is InChI=1S/C18H25N3O5S/c22-21(23)18-13-15(27(24,25)19-9-11-26-12-10-19)6-7-17(18)20-8-2-4-14-3-1-5-16(14)20/h6-7,13-14,16H,1-5,8-12H2/t14-,16-/m1/s1. The quantitative estimate of drug-likeness (QED) is 0.574. The summed E-state index contributed by atoms with van der Waals surface area (Å²) in [5.41, 5.74) is 0.439. The third-order valence-electron chi connectivity index (χ3n) is 6.05. The number of piperidine rings is 1. The molecule has 3 fully saturated rings. The van der Waals surface area contributed by atoms with Gasteiger partial charge < -0.3 is 9.64 Å². The van der Waals surface area contributed by atoms with Crippen molar-refractivity contribution in [1.29, 1.82) is 0 Å². The fourth-order valence-electron chi connectivity index (χ4n) is 4.74. The SMILES string of the molecule is O=[N+]([O-])c1cc(S(=O)(=O)N2CCOCC2)ccc1N1CCC[C@H]2CCC[C@H]21. The number of nitro benzene ring substituents is 1. The first-order valence-electron chi connectivity index (χ1n) is 9.61. The van der Waals surface area contributed by atoms with Crippen molar-refractivity contribution in [2.75, 3.05) is 37.7 Å². The van der Waals surface area contributed by atoms with E-state index in [9.17, 15) is 18.5 Å². The van der Waals surface area contributed by atoms with Gasteiger partial charge in [-0.15, -0.1) is 0 Å². The van der Waals surface area contributed by atoms with Crippen LogP contribution in [0.3, 0.4) is 0 Å². The molecule has 0 N–H and O–H groups in total. The molecule has 1 aromatic carbocycles. The predicted molar refractivity (Wildman–Crippen MR) is 100 cm³/mol. The van der Waals surface area contributed by atoms with E-state index < -0.39 is 14.9 Å². The molecule has 0 unspecified atom stereocenters. The van der Waals surface area contributed by atoms with Gasteiger partial charge in [0.15, 0.2) is 0 Å². The van der Waals surface area contributed by atoms with Crippen LogP contribution < -0.4 is 4.90 Å². The van der Waals surface area contributed by atoms with E-state index in [1.54, 1.807) is 6.07 Å². The molecule has 2 saturated heterocycles. The molecule has 0 bridgehead atoms. The van der Waals surface area contributed by atoms with Crippen LogP contribution in [-0.4, -0.2) is 56.5 Å². The second kappa shape index (κ2) is 7.37. The molecule has 0 spiro atoms. The number of anilines is 1. The first kappa shape index (κ1) is 18.6. The van der Waals surface area contributed by atoms with Gasteiger partial charge in [-0.1, -0.05) is 6.42 Å². The van der Waals surface area contributed by atoms with Crippen molar-refractivity contribution in [1.82, 2.24) is 4.31 Å². The number of ether oxygens (including phenoxy) is 1. The topological polar surface area (TPSA) is 93.0 Å². The average Bonchev–Trinajstić information content (AvgIpc) is 3.17. The van der Waals surface area contributed by atoms with Gasteiger partial charge in [-0.3, -0.25) is 10.1 Å². The van der Waals surface area contributed by atoms with Crippen LogP contribution in [0.5, 0.6) is 0 Å². The Hall–Kier alpha value is -1.71. The molecule has 9 heteroatoms. The molecular weight excluding hydrogens is 370 g/mol. The van der Waals surface area contributed by atoms with Crippen molar-refractivity contribution in [3.8, 4) is 0 Å². The smallest absolute Gasteiger partial charge is 0.293 e. The Morgan fingerprint density at radius 3 is 2.56 bits per heavy atom. The Morgan fingerprint density at radius 2 is 1.81 bits per heavy atom. The van der Waals surface area contributed by atoms with E-state index in [2.05, 4.69) is 4.90 Å². The van der Waals surface area contributed by atoms with Crippen LogP contribution in [0.4, 0.5) is 11.4 Å². The molecule has 8 nitrogen and oxygen atoms in total. The summed E-state index contributed by atoms with van der Waals surface area (Å²) in [5.74, 6) is 0.593. The summed E-state index contributed by atoms with van der Waals surface area (Å²) >= 11 is 0. The predicted octanol–water partition coefficient (Wildman–Crippen LogP) is 2.38. The van der Waals surface area contributed by atoms with Crippen LogP contribution >= 0.6 is 0 Å². The molecular formula is C18H25N3O5S. The lowest BCUT2D eigenvalue weighted by atomic mass is 9.91. The van der Waals surface area contributed by atoms with Crippen LogP contribution in [0, 0.1) is 16.0 Å². The van der Waals surface area contributed by atoms with Gasteiger partial charge in [0.1, 0.15) is 5.69 Å². The highest BCUT2D eigenvalue weighted by Crippen LogP contribution is 2.42. The molecule has 0 amide bonds. The van der Waals surface area contributed by atoms with E-state index in [4.69, 9.17) is 4.74 Å². The highest BCUT2D eigenvalue weighted by atomic mass is 32.2. The minimum absolute atomic E-state index is 0.0140. The van der Waals surface area contributed by atoms with Gasteiger partial charge in [0.25, 0.3) is 5.69 Å². The van der Waals surface area contributed by atoms with Gasteiger partial charge in [0, 0.05) is 31.7 Å². The van der Waals surface area contributed by atoms with Crippen molar-refractivity contribution in [2.24, 2.45) is 5.92 Å². The lowest BCUT2D eigenvalue weighted by Crippen LogP contribution is -2.43. The largest absolute Gasteiger partial charge is 0.379 e. The number of rotatable bonds is 4. The molecule has 27 heavy (non-hydrogen) atoms. The fraction of sp³-hybridized carbons (Fsp3) is 0.667. The maximum Gasteiger partial charge on any atom is 0.293 e. The van der Waals surface area contributed by atoms with Crippen molar-refractivity contribution in [3.63, 3.8) is 0 Å². The molecule has 1 aromatic rings. The Kier molecular flexibility index (Phi) is 5.09. The van der Waals surface area contributed by atoms with Gasteiger partial charge in [-0.05, 0) is 43.7 Å². The fourth-order valence-corrected chi connectivity index (χ4v) is 6.17. The summed E-state index contributed by atoms with van der Waals surface area (Å²) in [6, 6.07) is 4.72. The maximum atomic E-state index is 12.9. The summed E-state index contributed by atoms with van der Waals surface area (Å²) in [6.07, 6.45) is 5.59. The summed E-state index contributed by atoms with van der Waals surface area (Å²) < 4.78 is 32.3. The molecule has 2 atom stereocenters. The number of hydrogen-bond donors (Lipinski definition) is 0. The molecule has 1 saturated carbocycles. The van der Waals surface area contributed by atoms with Crippen LogP contribution in [0.2, 0.25) is 0 Å². The van der Waals surface area contributed by atoms with Crippen molar-refractivity contribution in [2.45, 2.75) is 43.0 Å². The van der Waals surface area contributed by atoms with Gasteiger partial charge >= 0.3 is 0 Å². The van der Waals surface area contributed by atoms with E-state index in [-0.39, 0.29) is 23.7 Å². The summed E-state index contributed by atoms with van der Waals surface area (Å²) in [6.45, 7) is 2.02. The van der Waals surface area contributed by atoms with Gasteiger partial charge in [0.2, 0.25) is 10.0 Å². The van der Waals surface area contributed by atoms with E-state index in [1.165, 1.54) is 29.3 Å². The lowest BCUT2D eigenvalue weighted by Gasteiger charge is -2.39. The minimum Gasteiger partial charge on any atom is -0.379 e. The molecule has 148 valence electrons. The number of hydrogen-bond acceptors (Lipinski definition) is 6. The van der Waals surface area contributed by atoms with Crippen LogP contribution in [0.1, 0.15) is 32.1 Å². The number of fused-ring (bicyclic) bond motifs is 1. The molecule has 3 aliphatic rings. The number of sulfonamides is 1. The minimum atomic E-state index is -3.75. The molecule has 1 aliphatic carbocycles. The lowest BCUT2D eigenvalue weighted by molar-refractivity contribution is -0.384. The van der Waals surface area contributed by atoms with Crippen LogP contribution in [0.15, 0.2) is 23.1 Å². The zero-order chi connectivity index (χ0) is 19.0. The second-order valence-corrected chi connectivity index (χ2v) is 9.46. The Balaban J connectivity index is 1.69. The van der Waals surface area contributed by atoms with Crippen molar-refractivity contribution in [3.05, 3.63) is 28.3 Å². The van der Waals surface area contributed by atoms with Gasteiger partial charge in [-0.25, -0.2) is 8.42 Å². The van der Waals surface area contributed by atoms with E-state index >= 15 is 0 Å². The number of nitro groups is 1. The Labute approximate surface area is 159 Å². The van der Waals surface area contributed by atoms with Crippen molar-refractivity contribution < 1.29 is 18.1 Å². The maximum absolute atomic E-state index is 12.9. The highest BCUT2D eigenvalue weighted by Gasteiger charge is 2.38. The zero-order valence-corrected chi connectivity index (χ0v) is 16.1. The normalized spacial score (nSPS) is 26.7. The molecule has 0 aromatic heterocycles. The Bertz CT molecular complexity index is 822. The first-order valence-corrected chi connectivity index (χ1v) is 11.1. The second-order valence-electron chi connectivity index (χ2n) is 7.52. The van der Waals surface area contributed by atoms with Crippen LogP contribution in [0.25, 0.3) is 0 Å². The highest BCUT2D eigenvalue weighted by molar-refractivity contribution is 7.89. The van der Waals surface area contributed by atoms with Gasteiger partial charge in [0.05, 0.1) is 23.0 Å². The Morgan fingerprint density at radius 1 is 1.07 bits per heavy atom. The molecule has 0 radical (unpaired) electrons. The first-order chi connectivity index (χ1) is 13.0. The number of nitrogens with zero attached hydrogens (tertiary/aromatic N) is 3. The average molecular weight is 395 g/mol. The number of benzene rings is 1. The molecule has 4 rings (SSSR count). The molecule has 2 heterocycles. The van der Waals surface area contributed by atoms with Crippen LogP contribution in [-0.2, 0) is 14.8 Å². The summed E-state index contributed by atoms with van der Waals surface area (Å²) in [5, 5.41) is 11.8. The number of morpholine rings is 1. The summed E-state index contributed by atoms with van der Waals surface area (Å²) in [4.78, 5) is 13.4. The monoisotopic (exact) mass is 395 g/mol. The van der Waals surface area contributed by atoms with E-state index in [1.807, 2.05) is 0 Å². The molecule has 2 aliphatic heterocycles. The summed E-state index contributed by atoms with van der Waals surface area (Å²) in [7, 11) is -3.75. The van der Waals surface area contributed by atoms with E-state index in [0.29, 0.717) is 30.9 Å². The van der Waals surface area contributed by atoms with Crippen molar-refractivity contribution >= 4 is 21.4 Å². The van der Waals surface area contributed by atoms with E-state index in [0.717, 1.165) is 25.8 Å². The third-order valence-corrected chi connectivity index (χ3v) is 7.95. The third kappa shape index (κ3) is 3.43. The zero-order valence-electron chi connectivity index (χ0n) is 15.2.